The molecule has 0 fully saturated rings. The average molecular weight is 549 g/mol. The Hall–Kier alpha value is -1.92. The van der Waals surface area contributed by atoms with Gasteiger partial charge in [-0.2, -0.15) is 0 Å². The van der Waals surface area contributed by atoms with E-state index in [1.165, 1.54) is 12.1 Å². The molecule has 4 rings (SSSR count). The number of hydrogen-bond acceptors (Lipinski definition) is 4. The molecule has 0 bridgehead atoms. The van der Waals surface area contributed by atoms with Crippen molar-refractivity contribution in [2.75, 3.05) is 6.26 Å². The zero-order valence-electron chi connectivity index (χ0n) is 19.1. The molecule has 0 aliphatic rings. The Morgan fingerprint density at radius 3 is 2.49 bits per heavy atom. The fourth-order valence-corrected chi connectivity index (χ4v) is 5.59. The van der Waals surface area contributed by atoms with Gasteiger partial charge in [-0.15, -0.1) is 21.0 Å². The molecular weight excluding hydrogens is 525 g/mol. The van der Waals surface area contributed by atoms with Crippen LogP contribution >= 0.6 is 44.2 Å². The normalized spacial score (nSPS) is 12.2. The standard InChI is InChI=1S/C26H24Cl2FN2O2PS/c1-14(33)22-12-31(26(30-22)10-16-3-5-18(29)11-20(16)27)23-6-4-15(7-21(23)28)17-8-24(34)19(13-32)25(9-17)35-2/h3-9,11-12,14,32-33H,10,13,34H2,1-2H3. The Bertz CT molecular complexity index is 1390. The highest BCUT2D eigenvalue weighted by Gasteiger charge is 2.18. The van der Waals surface area contributed by atoms with Gasteiger partial charge in [-0.1, -0.05) is 35.3 Å². The lowest BCUT2D eigenvalue weighted by molar-refractivity contribution is 0.194. The Morgan fingerprint density at radius 2 is 1.86 bits per heavy atom. The van der Waals surface area contributed by atoms with Gasteiger partial charge in [0.25, 0.3) is 0 Å². The number of benzene rings is 3. The maximum Gasteiger partial charge on any atom is 0.124 e. The summed E-state index contributed by atoms with van der Waals surface area (Å²) < 4.78 is 15.3. The predicted octanol–water partition coefficient (Wildman–Crippen LogP) is 6.34. The molecule has 4 aromatic rings. The van der Waals surface area contributed by atoms with E-state index in [2.05, 4.69) is 14.2 Å². The van der Waals surface area contributed by atoms with Crippen molar-refractivity contribution in [2.24, 2.45) is 0 Å². The summed E-state index contributed by atoms with van der Waals surface area (Å²) in [4.78, 5) is 5.60. The molecule has 0 spiro atoms. The van der Waals surface area contributed by atoms with Crippen LogP contribution in [0.25, 0.3) is 16.8 Å². The molecule has 35 heavy (non-hydrogen) atoms. The average Bonchev–Trinajstić information content (AvgIpc) is 3.24. The summed E-state index contributed by atoms with van der Waals surface area (Å²) in [5, 5.41) is 21.6. The van der Waals surface area contributed by atoms with Crippen LogP contribution in [0.4, 0.5) is 4.39 Å². The highest BCUT2D eigenvalue weighted by atomic mass is 35.5. The fraction of sp³-hybridized carbons (Fsp3) is 0.192. The second-order valence-electron chi connectivity index (χ2n) is 8.11. The van der Waals surface area contributed by atoms with Gasteiger partial charge in [0.2, 0.25) is 0 Å². The van der Waals surface area contributed by atoms with E-state index in [9.17, 15) is 14.6 Å². The van der Waals surface area contributed by atoms with E-state index < -0.39 is 11.9 Å². The van der Waals surface area contributed by atoms with Crippen molar-refractivity contribution in [3.05, 3.63) is 93.2 Å². The topological polar surface area (TPSA) is 58.3 Å². The molecule has 9 heteroatoms. The molecule has 2 N–H and O–H groups in total. The largest absolute Gasteiger partial charge is 0.392 e. The number of aliphatic hydroxyl groups is 2. The van der Waals surface area contributed by atoms with Gasteiger partial charge in [0.15, 0.2) is 0 Å². The Morgan fingerprint density at radius 1 is 1.09 bits per heavy atom. The first-order valence-electron chi connectivity index (χ1n) is 10.8. The smallest absolute Gasteiger partial charge is 0.124 e. The summed E-state index contributed by atoms with van der Waals surface area (Å²) in [7, 11) is 2.68. The molecule has 0 aliphatic heterocycles. The third kappa shape index (κ3) is 5.59. The summed E-state index contributed by atoms with van der Waals surface area (Å²) in [5.41, 5.74) is 4.72. The summed E-state index contributed by atoms with van der Waals surface area (Å²) in [5.74, 6) is 0.212. The number of aliphatic hydroxyl groups excluding tert-OH is 2. The molecule has 1 aromatic heterocycles. The lowest BCUT2D eigenvalue weighted by Gasteiger charge is -2.14. The van der Waals surface area contributed by atoms with E-state index in [1.807, 2.05) is 41.2 Å². The Labute approximate surface area is 220 Å². The minimum absolute atomic E-state index is 0.0257. The van der Waals surface area contributed by atoms with E-state index in [-0.39, 0.29) is 6.61 Å². The zero-order chi connectivity index (χ0) is 25.3. The van der Waals surface area contributed by atoms with Crippen LogP contribution in [0, 0.1) is 5.82 Å². The van der Waals surface area contributed by atoms with Gasteiger partial charge in [0.1, 0.15) is 11.6 Å². The zero-order valence-corrected chi connectivity index (χ0v) is 22.6. The third-order valence-electron chi connectivity index (χ3n) is 5.75. The van der Waals surface area contributed by atoms with Crippen LogP contribution in [0.15, 0.2) is 59.6 Å². The van der Waals surface area contributed by atoms with Crippen molar-refractivity contribution in [3.63, 3.8) is 0 Å². The molecule has 0 saturated carbocycles. The van der Waals surface area contributed by atoms with E-state index in [1.54, 1.807) is 30.9 Å². The second-order valence-corrected chi connectivity index (χ2v) is 10.4. The van der Waals surface area contributed by atoms with E-state index in [0.29, 0.717) is 39.2 Å². The van der Waals surface area contributed by atoms with Crippen LogP contribution in [-0.4, -0.2) is 26.0 Å². The summed E-state index contributed by atoms with van der Waals surface area (Å²) in [6.45, 7) is 1.62. The molecule has 2 atom stereocenters. The predicted molar refractivity (Wildman–Crippen MR) is 146 cm³/mol. The highest BCUT2D eigenvalue weighted by molar-refractivity contribution is 7.98. The number of nitrogens with zero attached hydrogens (tertiary/aromatic N) is 2. The first-order valence-corrected chi connectivity index (χ1v) is 13.3. The van der Waals surface area contributed by atoms with Crippen LogP contribution in [0.2, 0.25) is 10.0 Å². The third-order valence-corrected chi connectivity index (χ3v) is 7.73. The van der Waals surface area contributed by atoms with Gasteiger partial charge < -0.3 is 14.8 Å². The van der Waals surface area contributed by atoms with Gasteiger partial charge >= 0.3 is 0 Å². The molecule has 0 saturated heterocycles. The number of halogens is 3. The summed E-state index contributed by atoms with van der Waals surface area (Å²) in [6, 6.07) is 14.1. The first-order chi connectivity index (χ1) is 16.7. The summed E-state index contributed by atoms with van der Waals surface area (Å²) in [6.07, 6.45) is 3.29. The van der Waals surface area contributed by atoms with Crippen molar-refractivity contribution in [2.45, 2.75) is 31.0 Å². The molecule has 0 aliphatic carbocycles. The van der Waals surface area contributed by atoms with E-state index >= 15 is 0 Å². The number of rotatable bonds is 7. The number of hydrogen-bond donors (Lipinski definition) is 2. The molecule has 1 heterocycles. The quantitative estimate of drug-likeness (QED) is 0.209. The summed E-state index contributed by atoms with van der Waals surface area (Å²) >= 11 is 14.6. The minimum atomic E-state index is -0.771. The fourth-order valence-electron chi connectivity index (χ4n) is 3.88. The van der Waals surface area contributed by atoms with Gasteiger partial charge in [0.05, 0.1) is 29.1 Å². The molecule has 3 aromatic carbocycles. The number of thioether (sulfide) groups is 1. The SMILES string of the molecule is CSc1cc(-c2ccc(-n3cc(C(C)O)nc3Cc3ccc(F)cc3Cl)c(Cl)c2)cc(P)c1CO. The molecule has 4 nitrogen and oxygen atoms in total. The highest BCUT2D eigenvalue weighted by Crippen LogP contribution is 2.33. The monoisotopic (exact) mass is 548 g/mol. The van der Waals surface area contributed by atoms with Crippen molar-refractivity contribution in [3.8, 4) is 16.8 Å². The van der Waals surface area contributed by atoms with Gasteiger partial charge in [-0.25, -0.2) is 9.37 Å². The molecule has 0 amide bonds. The van der Waals surface area contributed by atoms with Crippen molar-refractivity contribution in [1.29, 1.82) is 0 Å². The van der Waals surface area contributed by atoms with E-state index in [4.69, 9.17) is 23.2 Å². The Kier molecular flexibility index (Phi) is 8.22. The van der Waals surface area contributed by atoms with Gasteiger partial charge in [0, 0.05) is 22.5 Å². The van der Waals surface area contributed by atoms with Gasteiger partial charge in [-0.05, 0) is 77.1 Å². The maximum absolute atomic E-state index is 13.5. The lowest BCUT2D eigenvalue weighted by atomic mass is 10.0. The molecular formula is C26H24Cl2FN2O2PS. The number of aromatic nitrogens is 2. The van der Waals surface area contributed by atoms with E-state index in [0.717, 1.165) is 26.9 Å². The Balaban J connectivity index is 1.76. The first kappa shape index (κ1) is 26.2. The molecule has 0 radical (unpaired) electrons. The van der Waals surface area contributed by atoms with Crippen molar-refractivity contribution >= 4 is 49.5 Å². The van der Waals surface area contributed by atoms with Crippen LogP contribution in [0.3, 0.4) is 0 Å². The van der Waals surface area contributed by atoms with Crippen LogP contribution in [0.1, 0.15) is 35.7 Å². The van der Waals surface area contributed by atoms with Crippen molar-refractivity contribution < 1.29 is 14.6 Å². The lowest BCUT2D eigenvalue weighted by Crippen LogP contribution is -2.05. The van der Waals surface area contributed by atoms with Crippen molar-refractivity contribution in [1.82, 2.24) is 9.55 Å². The van der Waals surface area contributed by atoms with Crippen LogP contribution in [-0.2, 0) is 13.0 Å². The van der Waals surface area contributed by atoms with Crippen LogP contribution < -0.4 is 5.30 Å². The van der Waals surface area contributed by atoms with Gasteiger partial charge in [-0.3, -0.25) is 0 Å². The minimum Gasteiger partial charge on any atom is -0.392 e. The number of imidazole rings is 1. The molecule has 2 unspecified atom stereocenters. The molecule has 182 valence electrons. The second kappa shape index (κ2) is 11.0. The van der Waals surface area contributed by atoms with Crippen LogP contribution in [0.5, 0.6) is 0 Å². The maximum atomic E-state index is 13.5.